The molecule has 0 spiro atoms. The van der Waals surface area contributed by atoms with Gasteiger partial charge in [0.05, 0.1) is 11.4 Å². The number of azo groups is 1. The summed E-state index contributed by atoms with van der Waals surface area (Å²) in [4.78, 5) is 4.03. The van der Waals surface area contributed by atoms with Crippen molar-refractivity contribution in [1.29, 1.82) is 0 Å². The van der Waals surface area contributed by atoms with Crippen molar-refractivity contribution in [2.45, 2.75) is 6.92 Å². The van der Waals surface area contributed by atoms with Gasteiger partial charge in [-0.05, 0) is 43.3 Å². The van der Waals surface area contributed by atoms with Crippen LogP contribution in [0.25, 0.3) is 0 Å². The Kier molecular flexibility index (Phi) is 5.04. The van der Waals surface area contributed by atoms with Gasteiger partial charge in [0.1, 0.15) is 0 Å². The van der Waals surface area contributed by atoms with E-state index in [1.165, 1.54) is 5.56 Å². The fourth-order valence-electron chi connectivity index (χ4n) is 1.99. The Labute approximate surface area is 140 Å². The highest BCUT2D eigenvalue weighted by Crippen LogP contribution is 2.14. The first-order valence-corrected chi connectivity index (χ1v) is 7.59. The summed E-state index contributed by atoms with van der Waals surface area (Å²) in [7, 11) is 0. The maximum atomic E-state index is 4.38. The largest absolute Gasteiger partial charge is 0.276 e. The van der Waals surface area contributed by atoms with Crippen molar-refractivity contribution in [2.24, 2.45) is 15.3 Å². The standard InChI is InChI=1S/C19H17N5/c1-15-7-9-18(10-8-15)22-24-19(16-11-13-20-14-12-16)23-21-17-5-3-2-4-6-17/h2-14,21H,1H3. The van der Waals surface area contributed by atoms with Gasteiger partial charge in [-0.3, -0.25) is 10.4 Å². The second-order valence-electron chi connectivity index (χ2n) is 5.18. The van der Waals surface area contributed by atoms with Crippen molar-refractivity contribution >= 4 is 17.2 Å². The number of rotatable bonds is 4. The molecule has 0 saturated heterocycles. The third kappa shape index (κ3) is 4.33. The quantitative estimate of drug-likeness (QED) is 0.320. The van der Waals surface area contributed by atoms with Gasteiger partial charge in [-0.2, -0.15) is 5.10 Å². The first-order valence-electron chi connectivity index (χ1n) is 7.59. The Hall–Kier alpha value is -3.34. The molecule has 5 nitrogen and oxygen atoms in total. The highest BCUT2D eigenvalue weighted by Gasteiger charge is 2.02. The van der Waals surface area contributed by atoms with E-state index < -0.39 is 0 Å². The number of nitrogens with zero attached hydrogens (tertiary/aromatic N) is 4. The summed E-state index contributed by atoms with van der Waals surface area (Å²) in [5.41, 5.74) is 6.69. The van der Waals surface area contributed by atoms with E-state index >= 15 is 0 Å². The smallest absolute Gasteiger partial charge is 0.201 e. The first-order chi connectivity index (χ1) is 11.8. The molecule has 5 heteroatoms. The van der Waals surface area contributed by atoms with Gasteiger partial charge in [-0.25, -0.2) is 0 Å². The van der Waals surface area contributed by atoms with Crippen LogP contribution in [0.5, 0.6) is 0 Å². The van der Waals surface area contributed by atoms with Crippen LogP contribution in [0.4, 0.5) is 11.4 Å². The van der Waals surface area contributed by atoms with Crippen LogP contribution in [-0.4, -0.2) is 10.8 Å². The predicted molar refractivity (Wildman–Crippen MR) is 96.5 cm³/mol. The Morgan fingerprint density at radius 3 is 2.29 bits per heavy atom. The molecule has 24 heavy (non-hydrogen) atoms. The van der Waals surface area contributed by atoms with Crippen LogP contribution in [0.1, 0.15) is 11.1 Å². The molecular weight excluding hydrogens is 298 g/mol. The second kappa shape index (κ2) is 7.78. The maximum absolute atomic E-state index is 4.38. The molecule has 1 heterocycles. The molecule has 3 rings (SSSR count). The zero-order chi connectivity index (χ0) is 16.6. The van der Waals surface area contributed by atoms with E-state index in [1.807, 2.05) is 73.7 Å². The topological polar surface area (TPSA) is 62.0 Å². The van der Waals surface area contributed by atoms with Gasteiger partial charge in [-0.15, -0.1) is 10.2 Å². The molecular formula is C19H17N5. The van der Waals surface area contributed by atoms with E-state index in [-0.39, 0.29) is 0 Å². The molecule has 0 radical (unpaired) electrons. The van der Waals surface area contributed by atoms with Crippen LogP contribution in [0.3, 0.4) is 0 Å². The van der Waals surface area contributed by atoms with Crippen LogP contribution >= 0.6 is 0 Å². The number of hydrogen-bond acceptors (Lipinski definition) is 4. The number of aryl methyl sites for hydroxylation is 1. The van der Waals surface area contributed by atoms with E-state index in [9.17, 15) is 0 Å². The molecule has 0 aliphatic rings. The number of hydrogen-bond donors (Lipinski definition) is 1. The number of pyridine rings is 1. The van der Waals surface area contributed by atoms with Gasteiger partial charge in [-0.1, -0.05) is 35.9 Å². The average molecular weight is 315 g/mol. The van der Waals surface area contributed by atoms with Crippen LogP contribution in [-0.2, 0) is 0 Å². The molecule has 118 valence electrons. The van der Waals surface area contributed by atoms with Gasteiger partial charge in [0.25, 0.3) is 0 Å². The summed E-state index contributed by atoms with van der Waals surface area (Å²) in [6.45, 7) is 2.04. The van der Waals surface area contributed by atoms with E-state index in [0.717, 1.165) is 16.9 Å². The van der Waals surface area contributed by atoms with E-state index in [1.54, 1.807) is 12.4 Å². The molecule has 3 aromatic rings. The molecule has 0 amide bonds. The monoisotopic (exact) mass is 315 g/mol. The highest BCUT2D eigenvalue weighted by molar-refractivity contribution is 5.99. The van der Waals surface area contributed by atoms with Gasteiger partial charge < -0.3 is 0 Å². The van der Waals surface area contributed by atoms with Gasteiger partial charge in [0, 0.05) is 18.0 Å². The summed E-state index contributed by atoms with van der Waals surface area (Å²) in [5.74, 6) is 0.488. The van der Waals surface area contributed by atoms with Crippen molar-refractivity contribution in [3.63, 3.8) is 0 Å². The minimum Gasteiger partial charge on any atom is -0.276 e. The number of aromatic nitrogens is 1. The lowest BCUT2D eigenvalue weighted by Gasteiger charge is -2.03. The molecule has 0 saturated carbocycles. The molecule has 1 aromatic heterocycles. The zero-order valence-corrected chi connectivity index (χ0v) is 13.3. The molecule has 0 bridgehead atoms. The second-order valence-corrected chi connectivity index (χ2v) is 5.18. The van der Waals surface area contributed by atoms with Crippen molar-refractivity contribution in [3.05, 3.63) is 90.3 Å². The normalized spacial score (nSPS) is 11.6. The van der Waals surface area contributed by atoms with Gasteiger partial charge in [0.15, 0.2) is 0 Å². The molecule has 0 aliphatic heterocycles. The number of anilines is 1. The van der Waals surface area contributed by atoms with Crippen LogP contribution in [0.2, 0.25) is 0 Å². The molecule has 0 atom stereocenters. The number of hydrazone groups is 1. The Morgan fingerprint density at radius 2 is 1.58 bits per heavy atom. The summed E-state index contributed by atoms with van der Waals surface area (Å²) in [5, 5.41) is 12.9. The molecule has 0 fully saturated rings. The van der Waals surface area contributed by atoms with E-state index in [4.69, 9.17) is 0 Å². The van der Waals surface area contributed by atoms with E-state index in [0.29, 0.717) is 5.84 Å². The number of para-hydroxylation sites is 1. The summed E-state index contributed by atoms with van der Waals surface area (Å²) in [6.07, 6.45) is 3.41. The fourth-order valence-corrected chi connectivity index (χ4v) is 1.99. The third-order valence-corrected chi connectivity index (χ3v) is 3.30. The van der Waals surface area contributed by atoms with Gasteiger partial charge in [0.2, 0.25) is 5.84 Å². The van der Waals surface area contributed by atoms with Crippen molar-refractivity contribution < 1.29 is 0 Å². The Bertz CT molecular complexity index is 825. The van der Waals surface area contributed by atoms with Crippen molar-refractivity contribution in [3.8, 4) is 0 Å². The highest BCUT2D eigenvalue weighted by atomic mass is 15.3. The number of amidine groups is 1. The molecule has 0 aliphatic carbocycles. The Balaban J connectivity index is 1.86. The molecule has 0 unspecified atom stereocenters. The predicted octanol–water partition coefficient (Wildman–Crippen LogP) is 4.95. The number of nitrogens with one attached hydrogen (secondary N) is 1. The summed E-state index contributed by atoms with van der Waals surface area (Å²) < 4.78 is 0. The molecule has 1 N–H and O–H groups in total. The zero-order valence-electron chi connectivity index (χ0n) is 13.3. The van der Waals surface area contributed by atoms with Crippen LogP contribution < -0.4 is 5.43 Å². The number of benzene rings is 2. The van der Waals surface area contributed by atoms with Crippen molar-refractivity contribution in [1.82, 2.24) is 4.98 Å². The fraction of sp³-hybridized carbons (Fsp3) is 0.0526. The van der Waals surface area contributed by atoms with E-state index in [2.05, 4.69) is 25.7 Å². The lowest BCUT2D eigenvalue weighted by Crippen LogP contribution is -2.01. The van der Waals surface area contributed by atoms with Crippen molar-refractivity contribution in [2.75, 3.05) is 5.43 Å². The lowest BCUT2D eigenvalue weighted by molar-refractivity contribution is 1.21. The lowest BCUT2D eigenvalue weighted by atomic mass is 10.2. The first kappa shape index (κ1) is 15.6. The van der Waals surface area contributed by atoms with Crippen LogP contribution in [0, 0.1) is 6.92 Å². The van der Waals surface area contributed by atoms with Gasteiger partial charge >= 0.3 is 0 Å². The SMILES string of the molecule is Cc1ccc(N=NC(=NNc2ccccc2)c2ccncc2)cc1. The summed E-state index contributed by atoms with van der Waals surface area (Å²) >= 11 is 0. The van der Waals surface area contributed by atoms with Crippen LogP contribution in [0.15, 0.2) is 94.5 Å². The molecule has 2 aromatic carbocycles. The summed E-state index contributed by atoms with van der Waals surface area (Å²) in [6, 6.07) is 21.3. The average Bonchev–Trinajstić information content (AvgIpc) is 2.65. The minimum atomic E-state index is 0.488. The third-order valence-electron chi connectivity index (χ3n) is 3.30. The Morgan fingerprint density at radius 1 is 0.875 bits per heavy atom. The maximum Gasteiger partial charge on any atom is 0.201 e. The minimum absolute atomic E-state index is 0.488.